The number of nitriles is 1. The van der Waals surface area contributed by atoms with Gasteiger partial charge in [-0.1, -0.05) is 35.9 Å². The summed E-state index contributed by atoms with van der Waals surface area (Å²) < 4.78 is 5.57. The second-order valence-corrected chi connectivity index (χ2v) is 6.75. The number of halogens is 1. The normalized spacial score (nSPS) is 16.5. The monoisotopic (exact) mass is 340 g/mol. The smallest absolute Gasteiger partial charge is 0.0991 e. The van der Waals surface area contributed by atoms with Gasteiger partial charge in [-0.15, -0.1) is 0 Å². The molecule has 2 aromatic rings. The fraction of sp³-hybridized carbons (Fsp3) is 0.350. The summed E-state index contributed by atoms with van der Waals surface area (Å²) in [5, 5.41) is 13.4. The molecule has 24 heavy (non-hydrogen) atoms. The molecule has 2 aromatic carbocycles. The Morgan fingerprint density at radius 2 is 1.88 bits per heavy atom. The van der Waals surface area contributed by atoms with E-state index >= 15 is 0 Å². The van der Waals surface area contributed by atoms with Crippen LogP contribution < -0.4 is 5.32 Å². The molecule has 3 nitrogen and oxygen atoms in total. The number of hydrogen-bond acceptors (Lipinski definition) is 3. The highest BCUT2D eigenvalue weighted by atomic mass is 35.5. The molecule has 4 heteroatoms. The fourth-order valence-electron chi connectivity index (χ4n) is 3.33. The van der Waals surface area contributed by atoms with Crippen LogP contribution in [0.1, 0.15) is 29.5 Å². The molecule has 0 radical (unpaired) electrons. The Balaban J connectivity index is 1.70. The van der Waals surface area contributed by atoms with Crippen molar-refractivity contribution in [2.75, 3.05) is 19.8 Å². The Hall–Kier alpha value is -1.86. The summed E-state index contributed by atoms with van der Waals surface area (Å²) in [5.74, 6) is 0. The third-order valence-electron chi connectivity index (χ3n) is 4.76. The maximum Gasteiger partial charge on any atom is 0.0991 e. The van der Waals surface area contributed by atoms with E-state index in [1.165, 1.54) is 5.56 Å². The summed E-state index contributed by atoms with van der Waals surface area (Å²) in [6.45, 7) is 3.21. The molecule has 0 atom stereocenters. The van der Waals surface area contributed by atoms with E-state index in [0.717, 1.165) is 49.7 Å². The standard InChI is InChI=1S/C20H21ClN2O/c21-19-6-4-18(5-7-19)20(8-10-24-11-9-20)15-23-14-17-3-1-2-16(12-17)13-22/h1-7,12,23H,8-11,14-15H2. The molecule has 124 valence electrons. The van der Waals surface area contributed by atoms with Crippen LogP contribution in [0.5, 0.6) is 0 Å². The molecule has 0 saturated carbocycles. The van der Waals surface area contributed by atoms with Crippen molar-refractivity contribution in [1.82, 2.24) is 5.32 Å². The van der Waals surface area contributed by atoms with Crippen molar-refractivity contribution in [2.24, 2.45) is 0 Å². The maximum atomic E-state index is 9.01. The van der Waals surface area contributed by atoms with E-state index in [2.05, 4.69) is 23.5 Å². The minimum Gasteiger partial charge on any atom is -0.381 e. The Labute approximate surface area is 148 Å². The molecule has 1 fully saturated rings. The number of rotatable bonds is 5. The van der Waals surface area contributed by atoms with Gasteiger partial charge in [-0.2, -0.15) is 5.26 Å². The first kappa shape index (κ1) is 17.0. The maximum absolute atomic E-state index is 9.01. The average Bonchev–Trinajstić information content (AvgIpc) is 2.63. The summed E-state index contributed by atoms with van der Waals surface area (Å²) >= 11 is 6.04. The zero-order valence-electron chi connectivity index (χ0n) is 13.6. The van der Waals surface area contributed by atoms with Crippen molar-refractivity contribution in [3.05, 3.63) is 70.2 Å². The molecule has 1 saturated heterocycles. The van der Waals surface area contributed by atoms with Crippen LogP contribution in [0.4, 0.5) is 0 Å². The number of hydrogen-bond donors (Lipinski definition) is 1. The van der Waals surface area contributed by atoms with Crippen LogP contribution in [-0.4, -0.2) is 19.8 Å². The summed E-state index contributed by atoms with van der Waals surface area (Å²) in [6, 6.07) is 18.1. The molecule has 0 aliphatic carbocycles. The van der Waals surface area contributed by atoms with Crippen molar-refractivity contribution in [3.63, 3.8) is 0 Å². The molecule has 3 rings (SSSR count). The van der Waals surface area contributed by atoms with Crippen LogP contribution in [0.25, 0.3) is 0 Å². The Kier molecular flexibility index (Phi) is 5.52. The van der Waals surface area contributed by atoms with Gasteiger partial charge in [-0.3, -0.25) is 0 Å². The number of benzene rings is 2. The van der Waals surface area contributed by atoms with Crippen LogP contribution in [0, 0.1) is 11.3 Å². The lowest BCUT2D eigenvalue weighted by molar-refractivity contribution is 0.0498. The Bertz CT molecular complexity index is 715. The van der Waals surface area contributed by atoms with Crippen LogP contribution >= 0.6 is 11.6 Å². The van der Waals surface area contributed by atoms with E-state index in [9.17, 15) is 0 Å². The van der Waals surface area contributed by atoms with Gasteiger partial charge in [0.15, 0.2) is 0 Å². The SMILES string of the molecule is N#Cc1cccc(CNCC2(c3ccc(Cl)cc3)CCOCC2)c1. The predicted octanol–water partition coefficient (Wildman–Crippen LogP) is 4.05. The molecule has 1 heterocycles. The van der Waals surface area contributed by atoms with Crippen molar-refractivity contribution in [2.45, 2.75) is 24.8 Å². The van der Waals surface area contributed by atoms with Gasteiger partial charge in [0, 0.05) is 36.7 Å². The van der Waals surface area contributed by atoms with E-state index in [-0.39, 0.29) is 5.41 Å². The molecule has 1 aliphatic rings. The van der Waals surface area contributed by atoms with Crippen LogP contribution in [-0.2, 0) is 16.7 Å². The Morgan fingerprint density at radius 3 is 2.58 bits per heavy atom. The first-order valence-electron chi connectivity index (χ1n) is 8.25. The van der Waals surface area contributed by atoms with Gasteiger partial charge in [0.2, 0.25) is 0 Å². The molecule has 0 spiro atoms. The first-order chi connectivity index (χ1) is 11.7. The van der Waals surface area contributed by atoms with Crippen molar-refractivity contribution < 1.29 is 4.74 Å². The molecular weight excluding hydrogens is 320 g/mol. The lowest BCUT2D eigenvalue weighted by atomic mass is 9.74. The van der Waals surface area contributed by atoms with Gasteiger partial charge in [0.05, 0.1) is 11.6 Å². The van der Waals surface area contributed by atoms with E-state index in [1.54, 1.807) is 0 Å². The largest absolute Gasteiger partial charge is 0.381 e. The third kappa shape index (κ3) is 3.96. The number of nitrogens with zero attached hydrogens (tertiary/aromatic N) is 1. The Morgan fingerprint density at radius 1 is 1.12 bits per heavy atom. The van der Waals surface area contributed by atoms with Gasteiger partial charge >= 0.3 is 0 Å². The average molecular weight is 341 g/mol. The highest BCUT2D eigenvalue weighted by molar-refractivity contribution is 6.30. The zero-order chi connectivity index (χ0) is 16.8. The summed E-state index contributed by atoms with van der Waals surface area (Å²) in [4.78, 5) is 0. The quantitative estimate of drug-likeness (QED) is 0.893. The van der Waals surface area contributed by atoms with Gasteiger partial charge in [-0.05, 0) is 48.2 Å². The van der Waals surface area contributed by atoms with Crippen molar-refractivity contribution in [1.29, 1.82) is 5.26 Å². The van der Waals surface area contributed by atoms with E-state index in [4.69, 9.17) is 21.6 Å². The summed E-state index contributed by atoms with van der Waals surface area (Å²) in [6.07, 6.45) is 2.00. The summed E-state index contributed by atoms with van der Waals surface area (Å²) in [7, 11) is 0. The third-order valence-corrected chi connectivity index (χ3v) is 5.01. The molecule has 0 amide bonds. The van der Waals surface area contributed by atoms with Crippen molar-refractivity contribution in [3.8, 4) is 6.07 Å². The number of ether oxygens (including phenoxy) is 1. The molecular formula is C20H21ClN2O. The first-order valence-corrected chi connectivity index (χ1v) is 8.63. The van der Waals surface area contributed by atoms with E-state index in [0.29, 0.717) is 5.56 Å². The zero-order valence-corrected chi connectivity index (χ0v) is 14.4. The minimum absolute atomic E-state index is 0.0790. The molecule has 0 aromatic heterocycles. The molecule has 1 aliphatic heterocycles. The molecule has 0 unspecified atom stereocenters. The summed E-state index contributed by atoms with van der Waals surface area (Å²) in [5.41, 5.74) is 3.23. The lowest BCUT2D eigenvalue weighted by Gasteiger charge is -2.38. The topological polar surface area (TPSA) is 45.0 Å². The van der Waals surface area contributed by atoms with Gasteiger partial charge in [0.25, 0.3) is 0 Å². The van der Waals surface area contributed by atoms with E-state index in [1.807, 2.05) is 36.4 Å². The predicted molar refractivity (Wildman–Crippen MR) is 96.0 cm³/mol. The van der Waals surface area contributed by atoms with E-state index < -0.39 is 0 Å². The minimum atomic E-state index is 0.0790. The second-order valence-electron chi connectivity index (χ2n) is 6.32. The van der Waals surface area contributed by atoms with Gasteiger partial charge < -0.3 is 10.1 Å². The van der Waals surface area contributed by atoms with Gasteiger partial charge in [0.1, 0.15) is 0 Å². The fourth-order valence-corrected chi connectivity index (χ4v) is 3.46. The number of nitrogens with one attached hydrogen (secondary N) is 1. The van der Waals surface area contributed by atoms with Crippen LogP contribution in [0.15, 0.2) is 48.5 Å². The van der Waals surface area contributed by atoms with Crippen molar-refractivity contribution >= 4 is 11.6 Å². The molecule has 0 bridgehead atoms. The highest BCUT2D eigenvalue weighted by Crippen LogP contribution is 2.35. The van der Waals surface area contributed by atoms with Crippen LogP contribution in [0.2, 0.25) is 5.02 Å². The van der Waals surface area contributed by atoms with Gasteiger partial charge in [-0.25, -0.2) is 0 Å². The highest BCUT2D eigenvalue weighted by Gasteiger charge is 2.34. The molecule has 1 N–H and O–H groups in total. The lowest BCUT2D eigenvalue weighted by Crippen LogP contribution is -2.42. The second kappa shape index (κ2) is 7.81. The van der Waals surface area contributed by atoms with Crippen LogP contribution in [0.3, 0.4) is 0 Å².